The molecule has 1 aromatic carbocycles. The van der Waals surface area contributed by atoms with E-state index in [1.807, 2.05) is 19.3 Å². The molecule has 0 spiro atoms. The zero-order valence-corrected chi connectivity index (χ0v) is 13.2. The maximum Gasteiger partial charge on any atom is 0.124 e. The molecule has 0 aliphatic heterocycles. The number of rotatable bonds is 7. The fourth-order valence-electron chi connectivity index (χ4n) is 2.34. The minimum atomic E-state index is -0.299. The van der Waals surface area contributed by atoms with Crippen molar-refractivity contribution in [3.8, 4) is 0 Å². The van der Waals surface area contributed by atoms with Gasteiger partial charge in [-0.05, 0) is 43.1 Å². The van der Waals surface area contributed by atoms with Crippen LogP contribution in [0, 0.1) is 5.82 Å². The van der Waals surface area contributed by atoms with Gasteiger partial charge in [-0.2, -0.15) is 5.10 Å². The standard InChI is InChI=1S/C16H21ClFN3/c1-3-7-19-15(11-14-6-8-21(2)20-14)9-12-4-5-13(18)10-16(12)17/h4-6,8,10,15,19H,3,7,9,11H2,1-2H3. The minimum Gasteiger partial charge on any atom is -0.313 e. The van der Waals surface area contributed by atoms with E-state index in [1.165, 1.54) is 12.1 Å². The predicted octanol–water partition coefficient (Wildman–Crippen LogP) is 3.37. The summed E-state index contributed by atoms with van der Waals surface area (Å²) < 4.78 is 14.9. The summed E-state index contributed by atoms with van der Waals surface area (Å²) in [5.74, 6) is -0.299. The lowest BCUT2D eigenvalue weighted by Crippen LogP contribution is -2.34. The second-order valence-electron chi connectivity index (χ2n) is 5.28. The molecule has 3 nitrogen and oxygen atoms in total. The minimum absolute atomic E-state index is 0.239. The van der Waals surface area contributed by atoms with E-state index in [0.717, 1.165) is 37.1 Å². The molecule has 5 heteroatoms. The average molecular weight is 310 g/mol. The van der Waals surface area contributed by atoms with E-state index >= 15 is 0 Å². The van der Waals surface area contributed by atoms with Crippen LogP contribution >= 0.6 is 11.6 Å². The lowest BCUT2D eigenvalue weighted by molar-refractivity contribution is 0.497. The van der Waals surface area contributed by atoms with Gasteiger partial charge in [0.25, 0.3) is 0 Å². The van der Waals surface area contributed by atoms with Crippen LogP contribution in [0.3, 0.4) is 0 Å². The highest BCUT2D eigenvalue weighted by Gasteiger charge is 2.14. The number of aryl methyl sites for hydroxylation is 1. The van der Waals surface area contributed by atoms with Crippen LogP contribution in [0.5, 0.6) is 0 Å². The molecule has 1 aromatic heterocycles. The van der Waals surface area contributed by atoms with Crippen LogP contribution in [0.4, 0.5) is 4.39 Å². The first kappa shape index (κ1) is 16.0. The van der Waals surface area contributed by atoms with Crippen molar-refractivity contribution in [1.29, 1.82) is 0 Å². The van der Waals surface area contributed by atoms with Crippen molar-refractivity contribution in [3.05, 3.63) is 52.6 Å². The quantitative estimate of drug-likeness (QED) is 0.850. The number of hydrogen-bond donors (Lipinski definition) is 1. The van der Waals surface area contributed by atoms with E-state index in [2.05, 4.69) is 17.3 Å². The summed E-state index contributed by atoms with van der Waals surface area (Å²) in [6, 6.07) is 6.85. The highest BCUT2D eigenvalue weighted by Crippen LogP contribution is 2.19. The zero-order valence-electron chi connectivity index (χ0n) is 12.4. The summed E-state index contributed by atoms with van der Waals surface area (Å²) >= 11 is 6.13. The molecular formula is C16H21ClFN3. The van der Waals surface area contributed by atoms with E-state index in [-0.39, 0.29) is 11.9 Å². The molecule has 21 heavy (non-hydrogen) atoms. The van der Waals surface area contributed by atoms with E-state index in [9.17, 15) is 4.39 Å². The zero-order chi connectivity index (χ0) is 15.2. The topological polar surface area (TPSA) is 29.9 Å². The fourth-order valence-corrected chi connectivity index (χ4v) is 2.59. The highest BCUT2D eigenvalue weighted by molar-refractivity contribution is 6.31. The summed E-state index contributed by atoms with van der Waals surface area (Å²) in [7, 11) is 1.91. The number of halogens is 2. The van der Waals surface area contributed by atoms with Crippen molar-refractivity contribution in [2.45, 2.75) is 32.2 Å². The number of hydrogen-bond acceptors (Lipinski definition) is 2. The molecule has 1 heterocycles. The molecule has 0 saturated carbocycles. The number of nitrogens with zero attached hydrogens (tertiary/aromatic N) is 2. The van der Waals surface area contributed by atoms with Crippen LogP contribution in [0.15, 0.2) is 30.5 Å². The maximum absolute atomic E-state index is 13.1. The Balaban J connectivity index is 2.08. The van der Waals surface area contributed by atoms with Crippen molar-refractivity contribution in [2.75, 3.05) is 6.54 Å². The third kappa shape index (κ3) is 4.83. The van der Waals surface area contributed by atoms with Crippen LogP contribution in [-0.4, -0.2) is 22.4 Å². The summed E-state index contributed by atoms with van der Waals surface area (Å²) in [4.78, 5) is 0. The Kier molecular flexibility index (Phi) is 5.76. The fraction of sp³-hybridized carbons (Fsp3) is 0.438. The van der Waals surface area contributed by atoms with Gasteiger partial charge >= 0.3 is 0 Å². The first-order valence-electron chi connectivity index (χ1n) is 7.24. The second kappa shape index (κ2) is 7.57. The summed E-state index contributed by atoms with van der Waals surface area (Å²) in [5, 5.41) is 8.42. The SMILES string of the molecule is CCCNC(Cc1ccn(C)n1)Cc1ccc(F)cc1Cl. The van der Waals surface area contributed by atoms with Crippen molar-refractivity contribution in [3.63, 3.8) is 0 Å². The van der Waals surface area contributed by atoms with Crippen molar-refractivity contribution < 1.29 is 4.39 Å². The van der Waals surface area contributed by atoms with Crippen LogP contribution in [0.1, 0.15) is 24.6 Å². The molecule has 0 aliphatic carbocycles. The molecule has 2 rings (SSSR count). The van der Waals surface area contributed by atoms with Gasteiger partial charge in [-0.3, -0.25) is 4.68 Å². The Hall–Kier alpha value is -1.39. The average Bonchev–Trinajstić information content (AvgIpc) is 2.84. The predicted molar refractivity (Wildman–Crippen MR) is 84.1 cm³/mol. The van der Waals surface area contributed by atoms with Crippen LogP contribution in [0.25, 0.3) is 0 Å². The Morgan fingerprint density at radius 3 is 2.76 bits per heavy atom. The molecule has 0 saturated heterocycles. The summed E-state index contributed by atoms with van der Waals surface area (Å²) in [6.07, 6.45) is 4.59. The molecule has 114 valence electrons. The maximum atomic E-state index is 13.1. The summed E-state index contributed by atoms with van der Waals surface area (Å²) in [6.45, 7) is 3.08. The first-order valence-corrected chi connectivity index (χ1v) is 7.62. The smallest absolute Gasteiger partial charge is 0.124 e. The van der Waals surface area contributed by atoms with Gasteiger partial charge in [-0.1, -0.05) is 24.6 Å². The van der Waals surface area contributed by atoms with Crippen molar-refractivity contribution in [1.82, 2.24) is 15.1 Å². The van der Waals surface area contributed by atoms with Gasteiger partial charge in [-0.25, -0.2) is 4.39 Å². The first-order chi connectivity index (χ1) is 10.1. The summed E-state index contributed by atoms with van der Waals surface area (Å²) in [5.41, 5.74) is 2.01. The Morgan fingerprint density at radius 1 is 1.33 bits per heavy atom. The van der Waals surface area contributed by atoms with Gasteiger partial charge < -0.3 is 5.32 Å². The Bertz CT molecular complexity index is 583. The molecule has 0 bridgehead atoms. The van der Waals surface area contributed by atoms with Crippen LogP contribution < -0.4 is 5.32 Å². The molecule has 1 atom stereocenters. The van der Waals surface area contributed by atoms with Gasteiger partial charge in [0.05, 0.1) is 5.69 Å². The third-order valence-electron chi connectivity index (χ3n) is 3.39. The van der Waals surface area contributed by atoms with Gasteiger partial charge in [0, 0.05) is 30.7 Å². The van der Waals surface area contributed by atoms with E-state index in [4.69, 9.17) is 11.6 Å². The monoisotopic (exact) mass is 309 g/mol. The molecule has 2 aromatic rings. The number of nitrogens with one attached hydrogen (secondary N) is 1. The Morgan fingerprint density at radius 2 is 2.14 bits per heavy atom. The largest absolute Gasteiger partial charge is 0.313 e. The van der Waals surface area contributed by atoms with Gasteiger partial charge in [-0.15, -0.1) is 0 Å². The van der Waals surface area contributed by atoms with E-state index in [1.54, 1.807) is 10.7 Å². The van der Waals surface area contributed by atoms with Crippen molar-refractivity contribution in [2.24, 2.45) is 7.05 Å². The Labute approximate surface area is 130 Å². The van der Waals surface area contributed by atoms with Gasteiger partial charge in [0.1, 0.15) is 5.82 Å². The van der Waals surface area contributed by atoms with Crippen LogP contribution in [0.2, 0.25) is 5.02 Å². The second-order valence-corrected chi connectivity index (χ2v) is 5.68. The highest BCUT2D eigenvalue weighted by atomic mass is 35.5. The molecular weight excluding hydrogens is 289 g/mol. The number of aromatic nitrogens is 2. The van der Waals surface area contributed by atoms with Crippen LogP contribution in [-0.2, 0) is 19.9 Å². The third-order valence-corrected chi connectivity index (χ3v) is 3.74. The lowest BCUT2D eigenvalue weighted by Gasteiger charge is -2.18. The van der Waals surface area contributed by atoms with E-state index < -0.39 is 0 Å². The molecule has 1 unspecified atom stereocenters. The molecule has 0 aliphatic rings. The van der Waals surface area contributed by atoms with Gasteiger partial charge in [0.2, 0.25) is 0 Å². The van der Waals surface area contributed by atoms with E-state index in [0.29, 0.717) is 5.02 Å². The van der Waals surface area contributed by atoms with Gasteiger partial charge in [0.15, 0.2) is 0 Å². The lowest BCUT2D eigenvalue weighted by atomic mass is 10.0. The van der Waals surface area contributed by atoms with Crippen molar-refractivity contribution >= 4 is 11.6 Å². The molecule has 0 amide bonds. The molecule has 0 fully saturated rings. The molecule has 0 radical (unpaired) electrons. The molecule has 1 N–H and O–H groups in total. The normalized spacial score (nSPS) is 12.6. The number of benzene rings is 1.